The van der Waals surface area contributed by atoms with E-state index in [0.717, 1.165) is 188 Å². The van der Waals surface area contributed by atoms with Gasteiger partial charge in [0.15, 0.2) is 5.58 Å². The number of benzene rings is 14. The van der Waals surface area contributed by atoms with Gasteiger partial charge < -0.3 is 22.7 Å². The van der Waals surface area contributed by atoms with Gasteiger partial charge in [0, 0.05) is 60.0 Å². The van der Waals surface area contributed by atoms with E-state index in [4.69, 9.17) is 14.4 Å². The van der Waals surface area contributed by atoms with Crippen molar-refractivity contribution in [2.24, 2.45) is 0 Å². The molecular formula is C92H60N6O. The van der Waals surface area contributed by atoms with E-state index in [0.29, 0.717) is 11.5 Å². The number of nitrogens with zero attached hydrogens (tertiary/aromatic N) is 6. The van der Waals surface area contributed by atoms with Crippen molar-refractivity contribution in [2.75, 3.05) is 0 Å². The molecule has 0 atom stereocenters. The number of oxazole rings is 1. The Kier molecular flexibility index (Phi) is 12.6. The zero-order valence-electron chi connectivity index (χ0n) is 54.3. The van der Waals surface area contributed by atoms with Crippen LogP contribution in [0.3, 0.4) is 0 Å². The first-order valence-corrected chi connectivity index (χ1v) is 33.9. The van der Waals surface area contributed by atoms with Gasteiger partial charge in [0.05, 0.1) is 72.4 Å². The van der Waals surface area contributed by atoms with Gasteiger partial charge in [-0.3, -0.25) is 4.98 Å². The van der Waals surface area contributed by atoms with Gasteiger partial charge in [-0.25, -0.2) is 4.98 Å². The smallest absolute Gasteiger partial charge is 0.231 e. The topological polar surface area (TPSA) is 58.6 Å². The van der Waals surface area contributed by atoms with Gasteiger partial charge in [0.25, 0.3) is 0 Å². The molecule has 99 heavy (non-hydrogen) atoms. The van der Waals surface area contributed by atoms with Crippen LogP contribution in [0.25, 0.3) is 188 Å². The Labute approximate surface area is 570 Å². The molecule has 464 valence electrons. The van der Waals surface area contributed by atoms with E-state index < -0.39 is 0 Å². The number of aromatic nitrogens is 6. The molecule has 14 aromatic carbocycles. The highest BCUT2D eigenvalue weighted by Gasteiger charge is 2.37. The van der Waals surface area contributed by atoms with E-state index in [2.05, 4.69) is 348 Å². The van der Waals surface area contributed by atoms with Crippen molar-refractivity contribution in [3.8, 4) is 89.8 Å². The highest BCUT2D eigenvalue weighted by Crippen LogP contribution is 2.55. The van der Waals surface area contributed by atoms with Crippen LogP contribution in [-0.4, -0.2) is 28.2 Å². The summed E-state index contributed by atoms with van der Waals surface area (Å²) in [4.78, 5) is 11.0. The molecule has 20 aromatic rings. The van der Waals surface area contributed by atoms with Crippen molar-refractivity contribution >= 4 is 98.3 Å². The molecule has 0 spiro atoms. The fourth-order valence-electron chi connectivity index (χ4n) is 16.1. The summed E-state index contributed by atoms with van der Waals surface area (Å²) < 4.78 is 17.9. The summed E-state index contributed by atoms with van der Waals surface area (Å²) in [6, 6.07) is 120. The molecule has 0 unspecified atom stereocenters. The Hall–Kier alpha value is -13.1. The first kappa shape index (κ1) is 56.3. The minimum absolute atomic E-state index is 0.471. The van der Waals surface area contributed by atoms with Gasteiger partial charge in [0.1, 0.15) is 5.52 Å². The molecule has 6 aromatic heterocycles. The van der Waals surface area contributed by atoms with Crippen LogP contribution in [0.15, 0.2) is 332 Å². The van der Waals surface area contributed by atoms with Crippen molar-refractivity contribution in [1.29, 1.82) is 0 Å². The van der Waals surface area contributed by atoms with Gasteiger partial charge in [-0.15, -0.1) is 0 Å². The van der Waals surface area contributed by atoms with Crippen LogP contribution in [0, 0.1) is 13.8 Å². The third-order valence-corrected chi connectivity index (χ3v) is 20.3. The van der Waals surface area contributed by atoms with Crippen LogP contribution in [-0.2, 0) is 0 Å². The summed E-state index contributed by atoms with van der Waals surface area (Å²) in [5.74, 6) is 0.471. The zero-order valence-corrected chi connectivity index (χ0v) is 54.3. The minimum Gasteiger partial charge on any atom is -0.436 e. The van der Waals surface area contributed by atoms with Crippen molar-refractivity contribution in [3.63, 3.8) is 0 Å². The van der Waals surface area contributed by atoms with Crippen LogP contribution in [0.4, 0.5) is 0 Å². The fraction of sp³-hybridized carbons (Fsp3) is 0.0217. The monoisotopic (exact) mass is 1260 g/mol. The molecular weight excluding hydrogens is 1210 g/mol. The number of rotatable bonds is 10. The maximum atomic E-state index is 7.64. The summed E-state index contributed by atoms with van der Waals surface area (Å²) in [5.41, 5.74) is 27.0. The third-order valence-electron chi connectivity index (χ3n) is 20.3. The average Bonchev–Trinajstić information content (AvgIpc) is 1.58. The molecule has 7 heteroatoms. The van der Waals surface area contributed by atoms with Crippen molar-refractivity contribution < 1.29 is 4.42 Å². The Morgan fingerprint density at radius 2 is 0.525 bits per heavy atom. The molecule has 20 rings (SSSR count). The second-order valence-electron chi connectivity index (χ2n) is 26.1. The predicted octanol–water partition coefficient (Wildman–Crippen LogP) is 24.2. The van der Waals surface area contributed by atoms with Crippen molar-refractivity contribution in [2.45, 2.75) is 13.8 Å². The van der Waals surface area contributed by atoms with Gasteiger partial charge in [-0.2, -0.15) is 0 Å². The Bertz CT molecular complexity index is 6610. The van der Waals surface area contributed by atoms with Crippen LogP contribution < -0.4 is 0 Å². The quantitative estimate of drug-likeness (QED) is 0.137. The molecule has 0 amide bonds. The average molecular weight is 1270 g/mol. The number of pyridine rings is 1. The number of fused-ring (bicyclic) bond motifs is 13. The number of para-hydroxylation sites is 6. The van der Waals surface area contributed by atoms with Crippen LogP contribution >= 0.6 is 0 Å². The lowest BCUT2D eigenvalue weighted by molar-refractivity contribution is 0.619. The Balaban J connectivity index is 1.10. The van der Waals surface area contributed by atoms with Gasteiger partial charge >= 0.3 is 0 Å². The molecule has 0 aliphatic carbocycles. The molecule has 0 radical (unpaired) electrons. The fourth-order valence-corrected chi connectivity index (χ4v) is 16.1. The van der Waals surface area contributed by atoms with Crippen LogP contribution in [0.1, 0.15) is 11.4 Å². The predicted molar refractivity (Wildman–Crippen MR) is 411 cm³/mol. The number of hydrogen-bond acceptors (Lipinski definition) is 3. The summed E-state index contributed by atoms with van der Waals surface area (Å²) in [6.45, 7) is 4.26. The summed E-state index contributed by atoms with van der Waals surface area (Å²) in [7, 11) is 0. The van der Waals surface area contributed by atoms with Gasteiger partial charge in [-0.05, 0) is 161 Å². The first-order chi connectivity index (χ1) is 49.0. The third kappa shape index (κ3) is 8.77. The molecule has 0 fully saturated rings. The van der Waals surface area contributed by atoms with Gasteiger partial charge in [-0.1, -0.05) is 231 Å². The van der Waals surface area contributed by atoms with Gasteiger partial charge in [0.2, 0.25) is 5.89 Å². The summed E-state index contributed by atoms with van der Waals surface area (Å²) in [6.07, 6.45) is 0. The second-order valence-corrected chi connectivity index (χ2v) is 26.1. The van der Waals surface area contributed by atoms with Crippen LogP contribution in [0.2, 0.25) is 0 Å². The largest absolute Gasteiger partial charge is 0.436 e. The van der Waals surface area contributed by atoms with Crippen molar-refractivity contribution in [1.82, 2.24) is 28.2 Å². The molecule has 6 heterocycles. The van der Waals surface area contributed by atoms with E-state index in [1.165, 1.54) is 0 Å². The molecule has 0 saturated carbocycles. The molecule has 0 N–H and O–H groups in total. The normalized spacial score (nSPS) is 11.9. The number of aryl methyl sites for hydroxylation is 2. The van der Waals surface area contributed by atoms with Crippen LogP contribution in [0.5, 0.6) is 0 Å². The maximum absolute atomic E-state index is 7.64. The SMILES string of the molecule is Cc1cc(-c2c(-n3c4ccccc4c4cc(-c5ccccc5)ccc43)c(-c3nc4ccccc4o3)c(-n3c4ccccc4c4cc(-c5ccccc5)ccc43)c(-n3c4ccccc4c4cc(-c5ccccc5)ccc43)c2-n2c3ccccc3c3cc(-c4ccccc4)ccc32)cc(C)n1. The Morgan fingerprint density at radius 3 is 0.899 bits per heavy atom. The molecule has 7 nitrogen and oxygen atoms in total. The second kappa shape index (κ2) is 22.2. The summed E-state index contributed by atoms with van der Waals surface area (Å²) >= 11 is 0. The first-order valence-electron chi connectivity index (χ1n) is 33.9. The zero-order chi connectivity index (χ0) is 65.4. The Morgan fingerprint density at radius 1 is 0.222 bits per heavy atom. The maximum Gasteiger partial charge on any atom is 0.231 e. The molecule has 0 aliphatic rings. The highest BCUT2D eigenvalue weighted by atomic mass is 16.3. The lowest BCUT2D eigenvalue weighted by atomic mass is 9.92. The van der Waals surface area contributed by atoms with E-state index in [9.17, 15) is 0 Å². The van der Waals surface area contributed by atoms with E-state index >= 15 is 0 Å². The number of hydrogen-bond donors (Lipinski definition) is 0. The molecule has 0 bridgehead atoms. The van der Waals surface area contributed by atoms with E-state index in [1.807, 2.05) is 12.1 Å². The van der Waals surface area contributed by atoms with E-state index in [1.54, 1.807) is 0 Å². The lowest BCUT2D eigenvalue weighted by Gasteiger charge is -2.30. The lowest BCUT2D eigenvalue weighted by Crippen LogP contribution is -2.16. The minimum atomic E-state index is 0.471. The highest BCUT2D eigenvalue weighted by molar-refractivity contribution is 6.19. The van der Waals surface area contributed by atoms with Crippen molar-refractivity contribution in [3.05, 3.63) is 339 Å². The standard InChI is InChI=1S/C92H60N6O/c1-57-51-67(52-58(2)93-57)86-88(95-77-38-20-15-33-68(77)72-53-63(43-47-81(72)95)59-25-7-3-8-26-59)87(92-94-76-37-19-24-42-85(76)99-92)90(97-79-40-22-17-35-70(79)74-55-65(45-49-83(74)97)61-29-11-5-12-30-61)91(98-80-41-23-18-36-71(80)75-56-66(46-50-84(75)98)62-31-13-6-14-32-62)89(86)96-78-39-21-16-34-69(78)73-54-64(44-48-82(73)96)60-27-9-4-10-28-60/h3-56H,1-2H3. The van der Waals surface area contributed by atoms with E-state index in [-0.39, 0.29) is 0 Å². The molecule has 0 saturated heterocycles. The molecule has 0 aliphatic heterocycles. The summed E-state index contributed by atoms with van der Waals surface area (Å²) in [5, 5.41) is 8.94.